The van der Waals surface area contributed by atoms with Gasteiger partial charge in [-0.3, -0.25) is 0 Å². The van der Waals surface area contributed by atoms with Crippen molar-refractivity contribution in [2.24, 2.45) is 11.7 Å². The zero-order valence-electron chi connectivity index (χ0n) is 9.58. The van der Waals surface area contributed by atoms with Crippen LogP contribution in [0.1, 0.15) is 56.6 Å². The fraction of sp³-hybridized carbons (Fsp3) is 0.727. The molecule has 2 rings (SSSR count). The van der Waals surface area contributed by atoms with Gasteiger partial charge in [0.15, 0.2) is 0 Å². The number of aromatic nitrogens is 2. The van der Waals surface area contributed by atoms with Crippen LogP contribution in [0.4, 0.5) is 0 Å². The minimum absolute atomic E-state index is 0.0165. The Labute approximate surface area is 90.2 Å². The van der Waals surface area contributed by atoms with Crippen LogP contribution in [-0.4, -0.2) is 9.97 Å². The van der Waals surface area contributed by atoms with Crippen molar-refractivity contribution in [2.75, 3.05) is 0 Å². The number of hydrogen-bond donors (Lipinski definition) is 2. The third-order valence-electron chi connectivity index (χ3n) is 2.77. The minimum atomic E-state index is 0.0165. The molecule has 1 aromatic rings. The van der Waals surface area contributed by atoms with E-state index in [1.54, 1.807) is 0 Å². The van der Waals surface area contributed by atoms with E-state index < -0.39 is 0 Å². The molecule has 2 heterocycles. The van der Waals surface area contributed by atoms with E-state index in [1.807, 2.05) is 6.92 Å². The van der Waals surface area contributed by atoms with Gasteiger partial charge in [0, 0.05) is 0 Å². The van der Waals surface area contributed by atoms with E-state index in [-0.39, 0.29) is 12.1 Å². The van der Waals surface area contributed by atoms with E-state index in [2.05, 4.69) is 23.8 Å². The van der Waals surface area contributed by atoms with E-state index in [0.717, 1.165) is 23.6 Å². The van der Waals surface area contributed by atoms with Crippen molar-refractivity contribution < 1.29 is 4.74 Å². The van der Waals surface area contributed by atoms with Crippen molar-refractivity contribution in [3.05, 3.63) is 17.2 Å². The van der Waals surface area contributed by atoms with Crippen molar-refractivity contribution >= 4 is 0 Å². The molecule has 84 valence electrons. The van der Waals surface area contributed by atoms with Gasteiger partial charge in [0.25, 0.3) is 0 Å². The average molecular weight is 209 g/mol. The number of fused-ring (bicyclic) bond motifs is 1. The molecular formula is C11H19N3O. The summed E-state index contributed by atoms with van der Waals surface area (Å²) < 4.78 is 5.44. The SMILES string of the molecule is CC(C)CC(N)c1nc2c([nH]1)COC2C. The maximum absolute atomic E-state index is 6.07. The molecule has 1 aliphatic heterocycles. The van der Waals surface area contributed by atoms with Crippen molar-refractivity contribution in [1.82, 2.24) is 9.97 Å². The summed E-state index contributed by atoms with van der Waals surface area (Å²) in [5.74, 6) is 1.50. The Bertz CT molecular complexity index is 346. The number of nitrogens with one attached hydrogen (secondary N) is 1. The van der Waals surface area contributed by atoms with Crippen molar-refractivity contribution in [1.29, 1.82) is 0 Å². The normalized spacial score (nSPS) is 22.1. The smallest absolute Gasteiger partial charge is 0.123 e. The zero-order chi connectivity index (χ0) is 11.0. The summed E-state index contributed by atoms with van der Waals surface area (Å²) in [5, 5.41) is 0. The molecule has 4 nitrogen and oxygen atoms in total. The molecule has 0 spiro atoms. The monoisotopic (exact) mass is 209 g/mol. The highest BCUT2D eigenvalue weighted by Gasteiger charge is 2.25. The quantitative estimate of drug-likeness (QED) is 0.800. The number of hydrogen-bond acceptors (Lipinski definition) is 3. The van der Waals surface area contributed by atoms with Crippen LogP contribution >= 0.6 is 0 Å². The first-order valence-electron chi connectivity index (χ1n) is 5.53. The number of H-pyrrole nitrogens is 1. The Morgan fingerprint density at radius 1 is 1.60 bits per heavy atom. The molecule has 0 fully saturated rings. The number of rotatable bonds is 3. The minimum Gasteiger partial charge on any atom is -0.366 e. The second-order valence-corrected chi connectivity index (χ2v) is 4.68. The fourth-order valence-corrected chi connectivity index (χ4v) is 1.97. The van der Waals surface area contributed by atoms with Crippen LogP contribution in [0.3, 0.4) is 0 Å². The molecular weight excluding hydrogens is 190 g/mol. The van der Waals surface area contributed by atoms with Gasteiger partial charge in [-0.15, -0.1) is 0 Å². The topological polar surface area (TPSA) is 63.9 Å². The highest BCUT2D eigenvalue weighted by Crippen LogP contribution is 2.29. The molecule has 15 heavy (non-hydrogen) atoms. The highest BCUT2D eigenvalue weighted by atomic mass is 16.5. The zero-order valence-corrected chi connectivity index (χ0v) is 9.58. The van der Waals surface area contributed by atoms with Gasteiger partial charge in [-0.05, 0) is 19.3 Å². The standard InChI is InChI=1S/C11H19N3O/c1-6(2)4-8(12)11-13-9-5-15-7(3)10(9)14-11/h6-8H,4-5,12H2,1-3H3,(H,13,14). The summed E-state index contributed by atoms with van der Waals surface area (Å²) >= 11 is 0. The molecule has 0 bridgehead atoms. The maximum atomic E-state index is 6.07. The van der Waals surface area contributed by atoms with Crippen LogP contribution in [0.25, 0.3) is 0 Å². The third kappa shape index (κ3) is 2.06. The molecule has 0 aromatic carbocycles. The number of ether oxygens (including phenoxy) is 1. The van der Waals surface area contributed by atoms with Gasteiger partial charge < -0.3 is 15.5 Å². The fourth-order valence-electron chi connectivity index (χ4n) is 1.97. The van der Waals surface area contributed by atoms with E-state index >= 15 is 0 Å². The Balaban J connectivity index is 2.14. The Hall–Kier alpha value is -0.870. The molecule has 0 saturated heterocycles. The molecule has 1 aliphatic rings. The number of imidazole rings is 1. The molecule has 0 radical (unpaired) electrons. The van der Waals surface area contributed by atoms with Gasteiger partial charge in [0.2, 0.25) is 0 Å². The summed E-state index contributed by atoms with van der Waals surface area (Å²) in [4.78, 5) is 7.79. The number of aromatic amines is 1. The first-order chi connectivity index (χ1) is 7.08. The second-order valence-electron chi connectivity index (χ2n) is 4.68. The predicted molar refractivity (Wildman–Crippen MR) is 58.2 cm³/mol. The van der Waals surface area contributed by atoms with Crippen molar-refractivity contribution in [3.8, 4) is 0 Å². The Morgan fingerprint density at radius 2 is 2.33 bits per heavy atom. The van der Waals surface area contributed by atoms with Crippen LogP contribution in [-0.2, 0) is 11.3 Å². The summed E-state index contributed by atoms with van der Waals surface area (Å²) in [5.41, 5.74) is 8.19. The van der Waals surface area contributed by atoms with Crippen LogP contribution in [0, 0.1) is 5.92 Å². The lowest BCUT2D eigenvalue weighted by atomic mass is 10.0. The van der Waals surface area contributed by atoms with Gasteiger partial charge in [-0.2, -0.15) is 0 Å². The van der Waals surface area contributed by atoms with Crippen LogP contribution < -0.4 is 5.73 Å². The largest absolute Gasteiger partial charge is 0.366 e. The van der Waals surface area contributed by atoms with Crippen molar-refractivity contribution in [3.63, 3.8) is 0 Å². The van der Waals surface area contributed by atoms with Crippen molar-refractivity contribution in [2.45, 2.75) is 45.9 Å². The summed E-state index contributed by atoms with van der Waals surface area (Å²) in [7, 11) is 0. The van der Waals surface area contributed by atoms with Crippen LogP contribution in [0.5, 0.6) is 0 Å². The summed E-state index contributed by atoms with van der Waals surface area (Å²) in [6, 6.07) is 0.0165. The first-order valence-corrected chi connectivity index (χ1v) is 5.53. The van der Waals surface area contributed by atoms with Crippen LogP contribution in [0.15, 0.2) is 0 Å². The summed E-state index contributed by atoms with van der Waals surface area (Å²) in [6.07, 6.45) is 1.07. The van der Waals surface area contributed by atoms with Gasteiger partial charge in [-0.25, -0.2) is 4.98 Å². The molecule has 2 unspecified atom stereocenters. The maximum Gasteiger partial charge on any atom is 0.123 e. The van der Waals surface area contributed by atoms with E-state index in [9.17, 15) is 0 Å². The van der Waals surface area contributed by atoms with E-state index in [4.69, 9.17) is 10.5 Å². The highest BCUT2D eigenvalue weighted by molar-refractivity contribution is 5.20. The number of nitrogens with zero attached hydrogens (tertiary/aromatic N) is 1. The Kier molecular flexibility index (Phi) is 2.80. The molecule has 0 amide bonds. The number of nitrogens with two attached hydrogens (primary N) is 1. The molecule has 0 aliphatic carbocycles. The second kappa shape index (κ2) is 3.94. The summed E-state index contributed by atoms with van der Waals surface area (Å²) in [6.45, 7) is 6.99. The third-order valence-corrected chi connectivity index (χ3v) is 2.77. The molecule has 3 N–H and O–H groups in total. The van der Waals surface area contributed by atoms with Gasteiger partial charge >= 0.3 is 0 Å². The molecule has 1 aromatic heterocycles. The molecule has 2 atom stereocenters. The predicted octanol–water partition coefficient (Wildman–Crippen LogP) is 2.05. The van der Waals surface area contributed by atoms with E-state index in [0.29, 0.717) is 12.5 Å². The molecule has 0 saturated carbocycles. The van der Waals surface area contributed by atoms with Crippen LogP contribution in [0.2, 0.25) is 0 Å². The average Bonchev–Trinajstić information content (AvgIpc) is 2.67. The first kappa shape index (κ1) is 10.6. The lowest BCUT2D eigenvalue weighted by Crippen LogP contribution is -2.15. The Morgan fingerprint density at radius 3 is 2.93 bits per heavy atom. The lowest BCUT2D eigenvalue weighted by Gasteiger charge is -2.11. The van der Waals surface area contributed by atoms with Gasteiger partial charge in [0.1, 0.15) is 5.82 Å². The molecule has 4 heteroatoms. The van der Waals surface area contributed by atoms with Gasteiger partial charge in [0.05, 0.1) is 30.1 Å². The van der Waals surface area contributed by atoms with Gasteiger partial charge in [-0.1, -0.05) is 13.8 Å². The lowest BCUT2D eigenvalue weighted by molar-refractivity contribution is 0.0756. The van der Waals surface area contributed by atoms with E-state index in [1.165, 1.54) is 0 Å².